The molecule has 3 heteroatoms. The van der Waals surface area contributed by atoms with E-state index in [9.17, 15) is 9.90 Å². The van der Waals surface area contributed by atoms with E-state index in [1.165, 1.54) is 5.56 Å². The molecule has 0 bridgehead atoms. The Bertz CT molecular complexity index is 822. The van der Waals surface area contributed by atoms with Crippen LogP contribution in [0.5, 0.6) is 0 Å². The Morgan fingerprint density at radius 1 is 1.36 bits per heavy atom. The number of hydrogen-bond acceptors (Lipinski definition) is 2. The van der Waals surface area contributed by atoms with Crippen molar-refractivity contribution in [1.29, 1.82) is 0 Å². The van der Waals surface area contributed by atoms with Gasteiger partial charge in [-0.1, -0.05) is 51.1 Å². The normalized spacial score (nSPS) is 29.0. The summed E-state index contributed by atoms with van der Waals surface area (Å²) in [5.41, 5.74) is 3.36. The molecule has 3 unspecified atom stereocenters. The molecular weight excluding hydrogens is 346 g/mol. The molecule has 1 saturated carbocycles. The molecule has 2 N–H and O–H groups in total. The van der Waals surface area contributed by atoms with E-state index in [4.69, 9.17) is 0 Å². The molecule has 0 radical (unpaired) electrons. The molecular formula is C25H33NO2. The highest BCUT2D eigenvalue weighted by molar-refractivity contribution is 5.96. The number of aliphatic hydroxyl groups is 1. The Kier molecular flexibility index (Phi) is 5.95. The lowest BCUT2D eigenvalue weighted by Crippen LogP contribution is -2.48. The molecule has 1 aromatic carbocycles. The predicted octanol–water partition coefficient (Wildman–Crippen LogP) is 5.51. The molecule has 150 valence electrons. The van der Waals surface area contributed by atoms with Crippen LogP contribution in [0.3, 0.4) is 0 Å². The Morgan fingerprint density at radius 2 is 2.14 bits per heavy atom. The topological polar surface area (TPSA) is 49.3 Å². The molecule has 0 aromatic heterocycles. The van der Waals surface area contributed by atoms with Crippen molar-refractivity contribution in [2.75, 3.05) is 0 Å². The van der Waals surface area contributed by atoms with Crippen LogP contribution in [0.25, 0.3) is 6.08 Å². The maximum Gasteiger partial charge on any atom is 0.255 e. The number of hydrogen-bond donors (Lipinski definition) is 2. The number of nitrogens with one attached hydrogen (secondary N) is 1. The van der Waals surface area contributed by atoms with E-state index in [1.807, 2.05) is 25.1 Å². The summed E-state index contributed by atoms with van der Waals surface area (Å²) in [6.45, 7) is 10.00. The monoisotopic (exact) mass is 379 g/mol. The quantitative estimate of drug-likeness (QED) is 0.640. The molecule has 3 nitrogen and oxygen atoms in total. The van der Waals surface area contributed by atoms with E-state index in [0.717, 1.165) is 44.1 Å². The number of benzene rings is 1. The minimum Gasteiger partial charge on any atom is -0.390 e. The highest BCUT2D eigenvalue weighted by Gasteiger charge is 2.49. The summed E-state index contributed by atoms with van der Waals surface area (Å²) >= 11 is 0. The van der Waals surface area contributed by atoms with Crippen LogP contribution in [0.1, 0.15) is 80.8 Å². The van der Waals surface area contributed by atoms with Crippen LogP contribution in [-0.2, 0) is 5.41 Å². The first-order valence-electron chi connectivity index (χ1n) is 10.6. The highest BCUT2D eigenvalue weighted by atomic mass is 16.3. The molecule has 0 aliphatic heterocycles. The summed E-state index contributed by atoms with van der Waals surface area (Å²) in [5, 5.41) is 13.9. The van der Waals surface area contributed by atoms with Crippen LogP contribution in [0, 0.1) is 5.92 Å². The first kappa shape index (κ1) is 20.6. The van der Waals surface area contributed by atoms with Crippen molar-refractivity contribution in [2.45, 2.75) is 70.3 Å². The van der Waals surface area contributed by atoms with E-state index in [-0.39, 0.29) is 11.3 Å². The first-order valence-corrected chi connectivity index (χ1v) is 10.6. The molecule has 0 heterocycles. The lowest BCUT2D eigenvalue weighted by molar-refractivity contribution is -0.0426. The number of allylic oxidation sites excluding steroid dienone is 3. The lowest BCUT2D eigenvalue weighted by Gasteiger charge is -2.51. The molecule has 3 atom stereocenters. The van der Waals surface area contributed by atoms with Gasteiger partial charge in [-0.05, 0) is 74.3 Å². The van der Waals surface area contributed by atoms with Crippen molar-refractivity contribution < 1.29 is 9.90 Å². The molecule has 1 fully saturated rings. The molecule has 3 rings (SSSR count). The van der Waals surface area contributed by atoms with Gasteiger partial charge in [0.25, 0.3) is 5.91 Å². The second-order valence-corrected chi connectivity index (χ2v) is 8.36. The molecule has 0 spiro atoms. The Balaban J connectivity index is 1.92. The van der Waals surface area contributed by atoms with E-state index >= 15 is 0 Å². The maximum absolute atomic E-state index is 12.6. The zero-order chi connectivity index (χ0) is 20.4. The van der Waals surface area contributed by atoms with Gasteiger partial charge in [-0.25, -0.2) is 0 Å². The Morgan fingerprint density at radius 3 is 2.79 bits per heavy atom. The summed E-state index contributed by atoms with van der Waals surface area (Å²) in [6.07, 6.45) is 13.5. The van der Waals surface area contributed by atoms with Crippen LogP contribution >= 0.6 is 0 Å². The average molecular weight is 380 g/mol. The summed E-state index contributed by atoms with van der Waals surface area (Å²) in [5.74, 6) is 0.239. The fraction of sp³-hybridized carbons (Fsp3) is 0.480. The molecule has 2 aliphatic carbocycles. The predicted molar refractivity (Wildman–Crippen MR) is 116 cm³/mol. The average Bonchev–Trinajstić information content (AvgIpc) is 2.71. The van der Waals surface area contributed by atoms with Crippen molar-refractivity contribution in [3.63, 3.8) is 0 Å². The van der Waals surface area contributed by atoms with E-state index < -0.39 is 5.60 Å². The van der Waals surface area contributed by atoms with Gasteiger partial charge >= 0.3 is 0 Å². The third kappa shape index (κ3) is 3.60. The molecule has 28 heavy (non-hydrogen) atoms. The second-order valence-electron chi connectivity index (χ2n) is 8.36. The zero-order valence-electron chi connectivity index (χ0n) is 17.4. The van der Waals surface area contributed by atoms with Gasteiger partial charge in [0.05, 0.1) is 5.60 Å². The van der Waals surface area contributed by atoms with Crippen molar-refractivity contribution in [3.05, 3.63) is 65.4 Å². The number of carbonyl (C=O) groups is 1. The maximum atomic E-state index is 12.6. The van der Waals surface area contributed by atoms with Gasteiger partial charge in [0.15, 0.2) is 0 Å². The van der Waals surface area contributed by atoms with Gasteiger partial charge in [-0.2, -0.15) is 0 Å². The number of fused-ring (bicyclic) bond motifs is 3. The van der Waals surface area contributed by atoms with Gasteiger partial charge in [-0.3, -0.25) is 4.79 Å². The fourth-order valence-corrected chi connectivity index (χ4v) is 5.22. The van der Waals surface area contributed by atoms with Crippen molar-refractivity contribution in [3.8, 4) is 0 Å². The van der Waals surface area contributed by atoms with Crippen molar-refractivity contribution >= 4 is 12.0 Å². The lowest BCUT2D eigenvalue weighted by atomic mass is 9.55. The van der Waals surface area contributed by atoms with Crippen LogP contribution in [0.2, 0.25) is 0 Å². The van der Waals surface area contributed by atoms with Gasteiger partial charge in [-0.15, -0.1) is 0 Å². The van der Waals surface area contributed by atoms with Gasteiger partial charge in [0.2, 0.25) is 0 Å². The first-order chi connectivity index (χ1) is 13.4. The fourth-order valence-electron chi connectivity index (χ4n) is 5.22. The minimum absolute atomic E-state index is 0.0641. The summed E-state index contributed by atoms with van der Waals surface area (Å²) < 4.78 is 0. The van der Waals surface area contributed by atoms with Crippen LogP contribution in [0.15, 0.2) is 48.7 Å². The van der Waals surface area contributed by atoms with Gasteiger partial charge < -0.3 is 10.4 Å². The Hall–Kier alpha value is -2.13. The summed E-state index contributed by atoms with van der Waals surface area (Å²) in [7, 11) is 0. The third-order valence-corrected chi connectivity index (χ3v) is 6.84. The smallest absolute Gasteiger partial charge is 0.255 e. The van der Waals surface area contributed by atoms with Gasteiger partial charge in [0.1, 0.15) is 0 Å². The third-order valence-electron chi connectivity index (χ3n) is 6.84. The SMILES string of the molecule is C=CC(=CC)NC(=O)c1ccc2c(c1)C=CC1CC(O)(CCC)CCC21CC. The molecule has 1 amide bonds. The molecule has 1 aromatic rings. The van der Waals surface area contributed by atoms with Gasteiger partial charge in [0, 0.05) is 16.7 Å². The largest absolute Gasteiger partial charge is 0.390 e. The second kappa shape index (κ2) is 8.08. The molecule has 0 saturated heterocycles. The van der Waals surface area contributed by atoms with E-state index in [1.54, 1.807) is 6.08 Å². The summed E-state index contributed by atoms with van der Waals surface area (Å²) in [6, 6.07) is 6.07. The Labute approximate surface area is 169 Å². The number of carbonyl (C=O) groups excluding carboxylic acids is 1. The van der Waals surface area contributed by atoms with E-state index in [2.05, 4.69) is 44.0 Å². The highest BCUT2D eigenvalue weighted by Crippen LogP contribution is 2.54. The zero-order valence-corrected chi connectivity index (χ0v) is 17.4. The minimum atomic E-state index is -0.534. The van der Waals surface area contributed by atoms with Crippen molar-refractivity contribution in [2.24, 2.45) is 5.92 Å². The van der Waals surface area contributed by atoms with Crippen LogP contribution in [-0.4, -0.2) is 16.6 Å². The van der Waals surface area contributed by atoms with E-state index in [0.29, 0.717) is 17.2 Å². The van der Waals surface area contributed by atoms with Crippen molar-refractivity contribution in [1.82, 2.24) is 5.32 Å². The van der Waals surface area contributed by atoms with Crippen LogP contribution < -0.4 is 5.32 Å². The molecule has 2 aliphatic rings. The number of rotatable bonds is 6. The standard InChI is InChI=1S/C25H33NO2/c1-5-13-24(28)14-15-25(8-4)20(17-24)11-9-18-16-19(10-12-22(18)25)23(27)26-21(6-2)7-3/h6-7,9-12,16,20,28H,2,5,8,13-15,17H2,1,3-4H3,(H,26,27). The number of amides is 1. The van der Waals surface area contributed by atoms with Crippen LogP contribution in [0.4, 0.5) is 0 Å². The summed E-state index contributed by atoms with van der Waals surface area (Å²) in [4.78, 5) is 12.6.